The molecule has 181 valence electrons. The van der Waals surface area contributed by atoms with Gasteiger partial charge in [-0.1, -0.05) is 84.9 Å². The van der Waals surface area contributed by atoms with Crippen molar-refractivity contribution in [1.29, 1.82) is 0 Å². The minimum Gasteiger partial charge on any atom is -0.507 e. The number of phenolic OH excluding ortho intramolecular Hbond substituents is 2. The summed E-state index contributed by atoms with van der Waals surface area (Å²) >= 11 is 0. The number of aliphatic imine (C=N–C) groups is 2. The Bertz CT molecular complexity index is 1110. The Morgan fingerprint density at radius 3 is 1.17 bits per heavy atom. The second-order valence-corrected chi connectivity index (χ2v) is 7.85. The maximum Gasteiger partial charge on any atom is 0.124 e. The number of aromatic hydroxyl groups is 2. The van der Waals surface area contributed by atoms with Crippen LogP contribution in [0.3, 0.4) is 0 Å². The van der Waals surface area contributed by atoms with Crippen molar-refractivity contribution in [3.63, 3.8) is 0 Å². The van der Waals surface area contributed by atoms with Gasteiger partial charge in [0.15, 0.2) is 0 Å². The normalized spacial score (nSPS) is 12.4. The third kappa shape index (κ3) is 8.89. The average Bonchev–Trinajstić information content (AvgIpc) is 2.89. The van der Waals surface area contributed by atoms with Crippen LogP contribution in [0, 0.1) is 0 Å². The van der Waals surface area contributed by atoms with Crippen LogP contribution >= 0.6 is 0 Å². The number of benzene rings is 4. The van der Waals surface area contributed by atoms with Crippen molar-refractivity contribution in [3.8, 4) is 11.5 Å². The molecule has 0 spiro atoms. The first-order valence-corrected chi connectivity index (χ1v) is 11.3. The molecule has 2 atom stereocenters. The molecule has 0 saturated heterocycles. The van der Waals surface area contributed by atoms with E-state index in [0.29, 0.717) is 0 Å². The summed E-state index contributed by atoms with van der Waals surface area (Å²) in [5, 5.41) is 19.2. The minimum atomic E-state index is 0. The minimum absolute atomic E-state index is 0. The second kappa shape index (κ2) is 14.6. The maximum atomic E-state index is 9.60. The summed E-state index contributed by atoms with van der Waals surface area (Å²) in [5.74, 6) is 0.521. The molecular formula is C30H30CoN2O2. The Morgan fingerprint density at radius 1 is 0.514 bits per heavy atom. The van der Waals surface area contributed by atoms with Crippen LogP contribution in [0.15, 0.2) is 119 Å². The average molecular weight is 510 g/mol. The van der Waals surface area contributed by atoms with Crippen LogP contribution in [-0.2, 0) is 16.8 Å². The molecule has 0 amide bonds. The van der Waals surface area contributed by atoms with Gasteiger partial charge in [0, 0.05) is 40.3 Å². The van der Waals surface area contributed by atoms with Gasteiger partial charge in [-0.05, 0) is 49.2 Å². The summed E-state index contributed by atoms with van der Waals surface area (Å²) in [5.41, 5.74) is 3.82. The third-order valence-electron chi connectivity index (χ3n) is 5.31. The fourth-order valence-corrected chi connectivity index (χ4v) is 3.21. The summed E-state index contributed by atoms with van der Waals surface area (Å²) in [6, 6.07) is 34.7. The molecule has 4 aromatic rings. The molecule has 4 rings (SSSR count). The van der Waals surface area contributed by atoms with Gasteiger partial charge in [0.25, 0.3) is 0 Å². The van der Waals surface area contributed by atoms with E-state index in [4.69, 9.17) is 0 Å². The van der Waals surface area contributed by atoms with Crippen molar-refractivity contribution in [2.24, 2.45) is 9.98 Å². The first-order valence-electron chi connectivity index (χ1n) is 11.3. The van der Waals surface area contributed by atoms with Crippen LogP contribution in [0.25, 0.3) is 0 Å². The molecule has 4 aromatic carbocycles. The van der Waals surface area contributed by atoms with Crippen LogP contribution in [0.1, 0.15) is 48.2 Å². The van der Waals surface area contributed by atoms with Crippen LogP contribution in [0.2, 0.25) is 0 Å². The predicted molar refractivity (Wildman–Crippen MR) is 141 cm³/mol. The third-order valence-corrected chi connectivity index (χ3v) is 5.31. The van der Waals surface area contributed by atoms with Gasteiger partial charge in [-0.25, -0.2) is 0 Å². The number of hydrogen-bond donors (Lipinski definition) is 2. The molecule has 0 fully saturated rings. The summed E-state index contributed by atoms with van der Waals surface area (Å²) in [4.78, 5) is 8.88. The van der Waals surface area contributed by atoms with Gasteiger partial charge in [-0.3, -0.25) is 9.98 Å². The van der Waals surface area contributed by atoms with Gasteiger partial charge in [0.2, 0.25) is 0 Å². The zero-order valence-corrected chi connectivity index (χ0v) is 20.9. The summed E-state index contributed by atoms with van der Waals surface area (Å²) < 4.78 is 0. The van der Waals surface area contributed by atoms with E-state index in [-0.39, 0.29) is 40.4 Å². The molecule has 0 heterocycles. The number of para-hydroxylation sites is 2. The second-order valence-electron chi connectivity index (χ2n) is 7.85. The Labute approximate surface area is 217 Å². The Balaban J connectivity index is 0.000000240. The molecule has 2 unspecified atom stereocenters. The summed E-state index contributed by atoms with van der Waals surface area (Å²) in [6.45, 7) is 4.07. The van der Waals surface area contributed by atoms with Gasteiger partial charge < -0.3 is 10.2 Å². The number of hydrogen-bond acceptors (Lipinski definition) is 4. The molecule has 0 aliphatic rings. The molecule has 5 heteroatoms. The summed E-state index contributed by atoms with van der Waals surface area (Å²) in [6.07, 6.45) is 3.43. The van der Waals surface area contributed by atoms with Gasteiger partial charge in [0.05, 0.1) is 12.1 Å². The Morgan fingerprint density at radius 2 is 0.829 bits per heavy atom. The quantitative estimate of drug-likeness (QED) is 0.271. The molecule has 35 heavy (non-hydrogen) atoms. The topological polar surface area (TPSA) is 65.2 Å². The zero-order chi connectivity index (χ0) is 24.2. The fourth-order valence-electron chi connectivity index (χ4n) is 3.21. The van der Waals surface area contributed by atoms with E-state index in [1.54, 1.807) is 36.7 Å². The molecular weight excluding hydrogens is 479 g/mol. The number of rotatable bonds is 6. The van der Waals surface area contributed by atoms with Gasteiger partial charge in [-0.15, -0.1) is 0 Å². The zero-order valence-electron chi connectivity index (χ0n) is 19.8. The van der Waals surface area contributed by atoms with Crippen molar-refractivity contribution in [1.82, 2.24) is 0 Å². The van der Waals surface area contributed by atoms with Gasteiger partial charge in [0.1, 0.15) is 11.5 Å². The van der Waals surface area contributed by atoms with E-state index in [0.717, 1.165) is 11.1 Å². The van der Waals surface area contributed by atoms with Crippen molar-refractivity contribution < 1.29 is 27.0 Å². The number of phenols is 2. The van der Waals surface area contributed by atoms with Crippen molar-refractivity contribution in [2.45, 2.75) is 25.9 Å². The molecule has 0 aliphatic heterocycles. The van der Waals surface area contributed by atoms with Crippen molar-refractivity contribution in [3.05, 3.63) is 131 Å². The van der Waals surface area contributed by atoms with Gasteiger partial charge >= 0.3 is 0 Å². The van der Waals surface area contributed by atoms with Crippen LogP contribution in [0.5, 0.6) is 11.5 Å². The number of nitrogens with zero attached hydrogens (tertiary/aromatic N) is 2. The summed E-state index contributed by atoms with van der Waals surface area (Å²) in [7, 11) is 0. The van der Waals surface area contributed by atoms with Crippen LogP contribution in [0.4, 0.5) is 0 Å². The molecule has 1 radical (unpaired) electrons. The first kappa shape index (κ1) is 27.6. The Hall–Kier alpha value is -3.67. The maximum absolute atomic E-state index is 9.60. The smallest absolute Gasteiger partial charge is 0.124 e. The van der Waals surface area contributed by atoms with Gasteiger partial charge in [-0.2, -0.15) is 0 Å². The van der Waals surface area contributed by atoms with E-state index in [9.17, 15) is 10.2 Å². The van der Waals surface area contributed by atoms with Crippen molar-refractivity contribution in [2.75, 3.05) is 0 Å². The molecule has 2 N–H and O–H groups in total. The molecule has 0 aliphatic carbocycles. The van der Waals surface area contributed by atoms with Crippen molar-refractivity contribution >= 4 is 12.4 Å². The fraction of sp³-hybridized carbons (Fsp3) is 0.133. The molecule has 0 bridgehead atoms. The van der Waals surface area contributed by atoms with E-state index in [1.165, 1.54) is 11.1 Å². The van der Waals surface area contributed by atoms with E-state index < -0.39 is 0 Å². The first-order chi connectivity index (χ1) is 16.5. The van der Waals surface area contributed by atoms with Crippen LogP contribution in [-0.4, -0.2) is 22.6 Å². The molecule has 0 aromatic heterocycles. The standard InChI is InChI=1S/2C15H15NO.Co/c2*1-12(13-7-3-2-4-8-13)16-11-14-9-5-6-10-15(14)17;/h2*2-12,17H,1H3;. The van der Waals surface area contributed by atoms with Crippen LogP contribution < -0.4 is 0 Å². The SMILES string of the molecule is CC(N=Cc1ccccc1O)c1ccccc1.CC(N=Cc1ccccc1O)c1ccccc1.[Co]. The molecule has 0 saturated carbocycles. The largest absolute Gasteiger partial charge is 0.507 e. The Kier molecular flexibility index (Phi) is 11.5. The van der Waals surface area contributed by atoms with E-state index >= 15 is 0 Å². The monoisotopic (exact) mass is 509 g/mol. The molecule has 4 nitrogen and oxygen atoms in total. The van der Waals surface area contributed by atoms with E-state index in [2.05, 4.69) is 9.98 Å². The predicted octanol–water partition coefficient (Wildman–Crippen LogP) is 7.14. The van der Waals surface area contributed by atoms with E-state index in [1.807, 2.05) is 98.8 Å².